The van der Waals surface area contributed by atoms with E-state index >= 15 is 0 Å². The summed E-state index contributed by atoms with van der Waals surface area (Å²) in [5.74, 6) is 1.31. The van der Waals surface area contributed by atoms with Crippen molar-refractivity contribution in [3.8, 4) is 17.2 Å². The third-order valence-corrected chi connectivity index (χ3v) is 5.45. The molecule has 1 heterocycles. The van der Waals surface area contributed by atoms with Crippen LogP contribution in [0.3, 0.4) is 0 Å². The minimum absolute atomic E-state index is 0.114. The van der Waals surface area contributed by atoms with E-state index in [4.69, 9.17) is 14.2 Å². The maximum atomic E-state index is 12.5. The molecule has 0 spiro atoms. The largest absolute Gasteiger partial charge is 0.493 e. The number of nitrogens with zero attached hydrogens (tertiary/aromatic N) is 2. The highest BCUT2D eigenvalue weighted by Crippen LogP contribution is 2.37. The molecule has 0 aliphatic heterocycles. The van der Waals surface area contributed by atoms with Crippen molar-refractivity contribution in [2.75, 3.05) is 32.8 Å². The first-order chi connectivity index (χ1) is 12.1. The average molecular weight is 362 g/mol. The molecular weight excluding hydrogens is 340 g/mol. The number of anilines is 1. The number of likely N-dealkylation sites (N-methyl/N-ethyl adjacent to an activating group) is 1. The van der Waals surface area contributed by atoms with Crippen molar-refractivity contribution >= 4 is 22.4 Å². The minimum Gasteiger partial charge on any atom is -0.493 e. The standard InChI is InChI=1S/C18H22N2O4S/c1-20(18-19-12-7-4-5-10-15(12)25-18)16(21)11-24-17-13(22-2)8-6-9-14(17)23-3/h6,8-9H,4-5,7,10-11H2,1-3H3. The van der Waals surface area contributed by atoms with Crippen molar-refractivity contribution in [2.24, 2.45) is 0 Å². The monoisotopic (exact) mass is 362 g/mol. The molecule has 7 heteroatoms. The van der Waals surface area contributed by atoms with Gasteiger partial charge in [-0.25, -0.2) is 4.98 Å². The van der Waals surface area contributed by atoms with Crippen molar-refractivity contribution in [3.05, 3.63) is 28.8 Å². The summed E-state index contributed by atoms with van der Waals surface area (Å²) in [5.41, 5.74) is 1.14. The van der Waals surface area contributed by atoms with Gasteiger partial charge < -0.3 is 14.2 Å². The number of fused-ring (bicyclic) bond motifs is 1. The number of carbonyl (C=O) groups is 1. The molecule has 0 bridgehead atoms. The molecule has 1 aliphatic rings. The fourth-order valence-electron chi connectivity index (χ4n) is 2.78. The number of methoxy groups -OCH3 is 2. The van der Waals surface area contributed by atoms with Crippen molar-refractivity contribution in [3.63, 3.8) is 0 Å². The highest BCUT2D eigenvalue weighted by molar-refractivity contribution is 7.15. The first kappa shape index (κ1) is 17.5. The lowest BCUT2D eigenvalue weighted by Crippen LogP contribution is -2.31. The summed E-state index contributed by atoms with van der Waals surface area (Å²) in [4.78, 5) is 20.0. The summed E-state index contributed by atoms with van der Waals surface area (Å²) in [6, 6.07) is 5.33. The number of aryl methyl sites for hydroxylation is 2. The van der Waals surface area contributed by atoms with Gasteiger partial charge in [0.15, 0.2) is 23.2 Å². The topological polar surface area (TPSA) is 60.9 Å². The molecule has 6 nitrogen and oxygen atoms in total. The Morgan fingerprint density at radius 1 is 1.20 bits per heavy atom. The molecule has 3 rings (SSSR count). The number of hydrogen-bond acceptors (Lipinski definition) is 6. The predicted octanol–water partition coefficient (Wildman–Crippen LogP) is 3.08. The molecule has 1 aromatic carbocycles. The molecule has 1 aromatic heterocycles. The highest BCUT2D eigenvalue weighted by Gasteiger charge is 2.21. The molecule has 0 unspecified atom stereocenters. The lowest BCUT2D eigenvalue weighted by atomic mass is 10.0. The Balaban J connectivity index is 1.69. The van der Waals surface area contributed by atoms with E-state index in [2.05, 4.69) is 4.98 Å². The molecule has 0 N–H and O–H groups in total. The quantitative estimate of drug-likeness (QED) is 0.790. The second-order valence-corrected chi connectivity index (χ2v) is 6.87. The van der Waals surface area contributed by atoms with Gasteiger partial charge in [-0.05, 0) is 37.8 Å². The Labute approximate surface area is 151 Å². The fraction of sp³-hybridized carbons (Fsp3) is 0.444. The van der Waals surface area contributed by atoms with Gasteiger partial charge in [0.1, 0.15) is 0 Å². The summed E-state index contributed by atoms with van der Waals surface area (Å²) in [6.45, 7) is -0.114. The molecular formula is C18H22N2O4S. The molecule has 0 atom stereocenters. The number of hydrogen-bond donors (Lipinski definition) is 0. The molecule has 0 saturated heterocycles. The lowest BCUT2D eigenvalue weighted by molar-refractivity contribution is -0.120. The van der Waals surface area contributed by atoms with Gasteiger partial charge >= 0.3 is 0 Å². The zero-order valence-electron chi connectivity index (χ0n) is 14.7. The van der Waals surface area contributed by atoms with E-state index in [-0.39, 0.29) is 12.5 Å². The van der Waals surface area contributed by atoms with E-state index in [1.807, 2.05) is 0 Å². The lowest BCUT2D eigenvalue weighted by Gasteiger charge is -2.17. The third kappa shape index (κ3) is 3.71. The van der Waals surface area contributed by atoms with Crippen LogP contribution in [0.25, 0.3) is 0 Å². The summed E-state index contributed by atoms with van der Waals surface area (Å²) in [7, 11) is 4.83. The van der Waals surface area contributed by atoms with E-state index in [0.29, 0.717) is 17.2 Å². The van der Waals surface area contributed by atoms with Crippen LogP contribution in [0.5, 0.6) is 17.2 Å². The first-order valence-electron chi connectivity index (χ1n) is 8.23. The smallest absolute Gasteiger partial charge is 0.266 e. The van der Waals surface area contributed by atoms with Gasteiger partial charge in [-0.2, -0.15) is 0 Å². The summed E-state index contributed by atoms with van der Waals surface area (Å²) < 4.78 is 16.3. The number of carbonyl (C=O) groups excluding carboxylic acids is 1. The van der Waals surface area contributed by atoms with Crippen LogP contribution < -0.4 is 19.1 Å². The van der Waals surface area contributed by atoms with Crippen LogP contribution in [0.15, 0.2) is 18.2 Å². The molecule has 1 aliphatic carbocycles. The van der Waals surface area contributed by atoms with Crippen LogP contribution >= 0.6 is 11.3 Å². The van der Waals surface area contributed by atoms with Crippen LogP contribution in [-0.4, -0.2) is 38.8 Å². The number of thiazole rings is 1. The summed E-state index contributed by atoms with van der Waals surface area (Å²) >= 11 is 1.60. The van der Waals surface area contributed by atoms with E-state index in [9.17, 15) is 4.79 Å². The Morgan fingerprint density at radius 2 is 1.88 bits per heavy atom. The molecule has 0 fully saturated rings. The number of rotatable bonds is 6. The second kappa shape index (κ2) is 7.74. The zero-order chi connectivity index (χ0) is 17.8. The number of aromatic nitrogens is 1. The number of amides is 1. The van der Waals surface area contributed by atoms with Crippen LogP contribution in [0.2, 0.25) is 0 Å². The number of ether oxygens (including phenoxy) is 3. The van der Waals surface area contributed by atoms with Gasteiger partial charge in [0, 0.05) is 11.9 Å². The van der Waals surface area contributed by atoms with E-state index in [1.54, 1.807) is 55.7 Å². The third-order valence-electron chi connectivity index (χ3n) is 4.22. The van der Waals surface area contributed by atoms with Gasteiger partial charge in [0.05, 0.1) is 19.9 Å². The first-order valence-corrected chi connectivity index (χ1v) is 9.04. The molecule has 0 radical (unpaired) electrons. The molecule has 1 amide bonds. The van der Waals surface area contributed by atoms with Crippen LogP contribution in [0.1, 0.15) is 23.4 Å². The Morgan fingerprint density at radius 3 is 2.52 bits per heavy atom. The Bertz CT molecular complexity index is 714. The van der Waals surface area contributed by atoms with E-state index < -0.39 is 0 Å². The van der Waals surface area contributed by atoms with Gasteiger partial charge in [-0.3, -0.25) is 9.69 Å². The maximum absolute atomic E-state index is 12.5. The normalized spacial score (nSPS) is 13.1. The number of benzene rings is 1. The van der Waals surface area contributed by atoms with Gasteiger partial charge in [0.2, 0.25) is 5.75 Å². The number of para-hydroxylation sites is 1. The molecule has 25 heavy (non-hydrogen) atoms. The van der Waals surface area contributed by atoms with E-state index in [0.717, 1.165) is 23.7 Å². The highest BCUT2D eigenvalue weighted by atomic mass is 32.1. The van der Waals surface area contributed by atoms with E-state index in [1.165, 1.54) is 17.7 Å². The van der Waals surface area contributed by atoms with Crippen molar-refractivity contribution in [1.29, 1.82) is 0 Å². The van der Waals surface area contributed by atoms with Gasteiger partial charge in [-0.1, -0.05) is 6.07 Å². The molecule has 2 aromatic rings. The minimum atomic E-state index is -0.168. The summed E-state index contributed by atoms with van der Waals surface area (Å²) in [6.07, 6.45) is 4.43. The van der Waals surface area contributed by atoms with Crippen LogP contribution in [0, 0.1) is 0 Å². The fourth-order valence-corrected chi connectivity index (χ4v) is 3.91. The Kier molecular flexibility index (Phi) is 5.43. The maximum Gasteiger partial charge on any atom is 0.266 e. The van der Waals surface area contributed by atoms with Crippen LogP contribution in [0.4, 0.5) is 5.13 Å². The van der Waals surface area contributed by atoms with Gasteiger partial charge in [-0.15, -0.1) is 11.3 Å². The van der Waals surface area contributed by atoms with Gasteiger partial charge in [0.25, 0.3) is 5.91 Å². The SMILES string of the molecule is COc1cccc(OC)c1OCC(=O)N(C)c1nc2c(s1)CCCC2. The average Bonchev–Trinajstić information content (AvgIpc) is 3.09. The van der Waals surface area contributed by atoms with Crippen molar-refractivity contribution in [1.82, 2.24) is 4.98 Å². The zero-order valence-corrected chi connectivity index (χ0v) is 15.5. The molecule has 134 valence electrons. The van der Waals surface area contributed by atoms with Crippen LogP contribution in [-0.2, 0) is 17.6 Å². The van der Waals surface area contributed by atoms with Crippen molar-refractivity contribution < 1.29 is 19.0 Å². The second-order valence-electron chi connectivity index (χ2n) is 5.81. The Hall–Kier alpha value is -2.28. The summed E-state index contributed by atoms with van der Waals surface area (Å²) in [5, 5.41) is 0.729. The predicted molar refractivity (Wildman–Crippen MR) is 97.2 cm³/mol. The molecule has 0 saturated carbocycles. The van der Waals surface area contributed by atoms with Crippen molar-refractivity contribution in [2.45, 2.75) is 25.7 Å².